The van der Waals surface area contributed by atoms with Gasteiger partial charge in [0.2, 0.25) is 0 Å². The summed E-state index contributed by atoms with van der Waals surface area (Å²) in [5.41, 5.74) is 7.61. The van der Waals surface area contributed by atoms with Crippen molar-refractivity contribution < 1.29 is 0 Å². The molecule has 28 heavy (non-hydrogen) atoms. The molecule has 6 aromatic rings. The highest BCUT2D eigenvalue weighted by Crippen LogP contribution is 2.34. The van der Waals surface area contributed by atoms with Crippen LogP contribution >= 0.6 is 0 Å². The van der Waals surface area contributed by atoms with Crippen LogP contribution in [0.2, 0.25) is 0 Å². The van der Waals surface area contributed by atoms with Crippen LogP contribution < -0.4 is 0 Å². The van der Waals surface area contributed by atoms with Crippen LogP contribution in [0.1, 0.15) is 0 Å². The molecular formula is C26H20N2. The van der Waals surface area contributed by atoms with Crippen LogP contribution in [0.3, 0.4) is 0 Å². The van der Waals surface area contributed by atoms with E-state index < -0.39 is 0 Å². The fourth-order valence-electron chi connectivity index (χ4n) is 4.68. The second kappa shape index (κ2) is 5.49. The summed E-state index contributed by atoms with van der Waals surface area (Å²) >= 11 is 0. The van der Waals surface area contributed by atoms with E-state index in [0.717, 1.165) is 0 Å². The van der Waals surface area contributed by atoms with Crippen LogP contribution in [0.15, 0.2) is 84.9 Å². The van der Waals surface area contributed by atoms with Gasteiger partial charge >= 0.3 is 0 Å². The second-order valence-electron chi connectivity index (χ2n) is 7.62. The Balaban J connectivity index is 1.61. The van der Waals surface area contributed by atoms with E-state index in [4.69, 9.17) is 0 Å². The van der Waals surface area contributed by atoms with E-state index >= 15 is 0 Å². The van der Waals surface area contributed by atoms with Crippen LogP contribution in [0, 0.1) is 0 Å². The summed E-state index contributed by atoms with van der Waals surface area (Å²) in [6.07, 6.45) is 0. The van der Waals surface area contributed by atoms with Gasteiger partial charge < -0.3 is 9.13 Å². The summed E-state index contributed by atoms with van der Waals surface area (Å²) in [6.45, 7) is 0. The molecule has 0 aliphatic carbocycles. The van der Waals surface area contributed by atoms with Crippen LogP contribution in [-0.4, -0.2) is 9.13 Å². The molecule has 2 heteroatoms. The quantitative estimate of drug-likeness (QED) is 0.311. The van der Waals surface area contributed by atoms with E-state index in [9.17, 15) is 0 Å². The summed E-state index contributed by atoms with van der Waals surface area (Å²) in [7, 11) is 4.31. The number of aromatic nitrogens is 2. The first-order valence-corrected chi connectivity index (χ1v) is 9.67. The average molecular weight is 360 g/mol. The Hall–Kier alpha value is -3.52. The molecule has 2 heterocycles. The Kier molecular flexibility index (Phi) is 3.05. The SMILES string of the molecule is Cn1c2ccccc2c2ccc(-c3ccc4c5ccccc5n(C)c4c3)cc21. The minimum absolute atomic E-state index is 1.26. The van der Waals surface area contributed by atoms with Gasteiger partial charge in [-0.3, -0.25) is 0 Å². The summed E-state index contributed by atoms with van der Waals surface area (Å²) in [5.74, 6) is 0. The Bertz CT molecular complexity index is 1410. The van der Waals surface area contributed by atoms with Gasteiger partial charge in [0.15, 0.2) is 0 Å². The lowest BCUT2D eigenvalue weighted by molar-refractivity contribution is 1.01. The van der Waals surface area contributed by atoms with Crippen molar-refractivity contribution in [2.24, 2.45) is 14.1 Å². The third-order valence-corrected chi connectivity index (χ3v) is 6.16. The average Bonchev–Trinajstić information content (AvgIpc) is 3.20. The van der Waals surface area contributed by atoms with Crippen molar-refractivity contribution in [3.63, 3.8) is 0 Å². The Morgan fingerprint density at radius 1 is 0.429 bits per heavy atom. The fraction of sp³-hybridized carbons (Fsp3) is 0.0769. The first-order chi connectivity index (χ1) is 13.7. The van der Waals surface area contributed by atoms with Crippen LogP contribution in [0.25, 0.3) is 54.7 Å². The maximum absolute atomic E-state index is 2.32. The molecule has 0 atom stereocenters. The number of nitrogens with zero attached hydrogens (tertiary/aromatic N) is 2. The highest BCUT2D eigenvalue weighted by Gasteiger charge is 2.11. The predicted octanol–water partition coefficient (Wildman–Crippen LogP) is 6.64. The monoisotopic (exact) mass is 360 g/mol. The normalized spacial score (nSPS) is 11.9. The van der Waals surface area contributed by atoms with Crippen molar-refractivity contribution in [2.45, 2.75) is 0 Å². The first-order valence-electron chi connectivity index (χ1n) is 9.67. The van der Waals surface area contributed by atoms with E-state index in [1.165, 1.54) is 54.7 Å². The van der Waals surface area contributed by atoms with Crippen molar-refractivity contribution in [3.05, 3.63) is 84.9 Å². The zero-order chi connectivity index (χ0) is 18.8. The van der Waals surface area contributed by atoms with Gasteiger partial charge in [-0.15, -0.1) is 0 Å². The third kappa shape index (κ3) is 1.97. The topological polar surface area (TPSA) is 9.86 Å². The standard InChI is InChI=1S/C26H20N2/c1-27-23-9-5-3-7-19(23)21-13-11-17(15-25(21)27)18-12-14-22-20-8-4-6-10-24(20)28(2)26(22)16-18/h3-16H,1-2H3. The maximum atomic E-state index is 2.32. The van der Waals surface area contributed by atoms with Gasteiger partial charge in [0.05, 0.1) is 0 Å². The summed E-state index contributed by atoms with van der Waals surface area (Å²) in [5, 5.41) is 5.26. The number of para-hydroxylation sites is 2. The predicted molar refractivity (Wildman–Crippen MR) is 120 cm³/mol. The molecule has 2 nitrogen and oxygen atoms in total. The molecule has 0 bridgehead atoms. The number of benzene rings is 4. The number of hydrogen-bond acceptors (Lipinski definition) is 0. The second-order valence-corrected chi connectivity index (χ2v) is 7.62. The summed E-state index contributed by atoms with van der Waals surface area (Å²) in [4.78, 5) is 0. The van der Waals surface area contributed by atoms with Gasteiger partial charge in [-0.2, -0.15) is 0 Å². The summed E-state index contributed by atoms with van der Waals surface area (Å²) < 4.78 is 4.59. The molecule has 0 amide bonds. The van der Waals surface area contributed by atoms with E-state index in [2.05, 4.69) is 108 Å². The molecule has 0 spiro atoms. The highest BCUT2D eigenvalue weighted by molar-refractivity contribution is 6.10. The number of rotatable bonds is 1. The molecule has 0 unspecified atom stereocenters. The zero-order valence-corrected chi connectivity index (χ0v) is 16.0. The van der Waals surface area contributed by atoms with Crippen LogP contribution in [0.4, 0.5) is 0 Å². The van der Waals surface area contributed by atoms with E-state index in [0.29, 0.717) is 0 Å². The molecule has 134 valence electrons. The lowest BCUT2D eigenvalue weighted by Crippen LogP contribution is -1.88. The van der Waals surface area contributed by atoms with E-state index in [1.54, 1.807) is 0 Å². The Morgan fingerprint density at radius 3 is 1.29 bits per heavy atom. The zero-order valence-electron chi connectivity index (χ0n) is 16.0. The van der Waals surface area contributed by atoms with E-state index in [1.807, 2.05) is 0 Å². The van der Waals surface area contributed by atoms with E-state index in [-0.39, 0.29) is 0 Å². The molecule has 0 N–H and O–H groups in total. The minimum Gasteiger partial charge on any atom is -0.344 e. The van der Waals surface area contributed by atoms with Crippen molar-refractivity contribution in [2.75, 3.05) is 0 Å². The fourth-order valence-corrected chi connectivity index (χ4v) is 4.68. The molecule has 2 aromatic heterocycles. The maximum Gasteiger partial charge on any atom is 0.0494 e. The molecular weight excluding hydrogens is 340 g/mol. The van der Waals surface area contributed by atoms with Gasteiger partial charge in [-0.1, -0.05) is 60.7 Å². The van der Waals surface area contributed by atoms with Gasteiger partial charge in [-0.05, 0) is 35.4 Å². The van der Waals surface area contributed by atoms with Crippen LogP contribution in [0.5, 0.6) is 0 Å². The van der Waals surface area contributed by atoms with Crippen molar-refractivity contribution in [3.8, 4) is 11.1 Å². The van der Waals surface area contributed by atoms with Gasteiger partial charge in [-0.25, -0.2) is 0 Å². The minimum atomic E-state index is 1.26. The van der Waals surface area contributed by atoms with Crippen molar-refractivity contribution in [1.29, 1.82) is 0 Å². The Morgan fingerprint density at radius 2 is 0.821 bits per heavy atom. The number of hydrogen-bond donors (Lipinski definition) is 0. The molecule has 4 aromatic carbocycles. The number of aryl methyl sites for hydroxylation is 2. The lowest BCUT2D eigenvalue weighted by Gasteiger charge is -2.06. The molecule has 0 aliphatic rings. The van der Waals surface area contributed by atoms with Gasteiger partial charge in [0.1, 0.15) is 0 Å². The first kappa shape index (κ1) is 15.5. The summed E-state index contributed by atoms with van der Waals surface area (Å²) in [6, 6.07) is 30.9. The van der Waals surface area contributed by atoms with Gasteiger partial charge in [0, 0.05) is 57.7 Å². The molecule has 0 aliphatic heterocycles. The Labute approximate surface area is 163 Å². The van der Waals surface area contributed by atoms with Crippen molar-refractivity contribution in [1.82, 2.24) is 9.13 Å². The third-order valence-electron chi connectivity index (χ3n) is 6.16. The van der Waals surface area contributed by atoms with Gasteiger partial charge in [0.25, 0.3) is 0 Å². The molecule has 0 fully saturated rings. The van der Waals surface area contributed by atoms with Crippen LogP contribution in [-0.2, 0) is 14.1 Å². The van der Waals surface area contributed by atoms with Crippen molar-refractivity contribution >= 4 is 43.6 Å². The lowest BCUT2D eigenvalue weighted by atomic mass is 10.0. The molecule has 0 saturated carbocycles. The smallest absolute Gasteiger partial charge is 0.0494 e. The number of fused-ring (bicyclic) bond motifs is 6. The largest absolute Gasteiger partial charge is 0.344 e. The molecule has 6 rings (SSSR count). The molecule has 0 radical (unpaired) electrons. The highest BCUT2D eigenvalue weighted by atomic mass is 14.9. The molecule has 0 saturated heterocycles.